The van der Waals surface area contributed by atoms with Crippen LogP contribution in [0.1, 0.15) is 0 Å². The van der Waals surface area contributed by atoms with Crippen LogP contribution in [-0.4, -0.2) is 15.2 Å². The van der Waals surface area contributed by atoms with E-state index < -0.39 is 0 Å². The molecular formula is C2HN3. The normalized spacial score (nSPS) is 8.00. The average molecular weight is 67.1 g/mol. The molecule has 0 atom stereocenters. The Morgan fingerprint density at radius 1 is 1.20 bits per heavy atom. The van der Waals surface area contributed by atoms with Crippen LogP contribution < -0.4 is 0 Å². The van der Waals surface area contributed by atoms with Gasteiger partial charge >= 0.3 is 0 Å². The molecule has 3 nitrogen and oxygen atoms in total. The molecule has 0 saturated heterocycles. The SMILES string of the molecule is [c]1nn[c][nH]1. The number of nitrogens with zero attached hydrogens (tertiary/aromatic N) is 2. The summed E-state index contributed by atoms with van der Waals surface area (Å²) in [4.78, 5) is 2.39. The summed E-state index contributed by atoms with van der Waals surface area (Å²) in [5.74, 6) is 0. The molecule has 3 heteroatoms. The van der Waals surface area contributed by atoms with Gasteiger partial charge in [-0.05, 0) is 0 Å². The Morgan fingerprint density at radius 2 is 1.80 bits per heavy atom. The lowest BCUT2D eigenvalue weighted by molar-refractivity contribution is 1.08. The first-order valence-electron chi connectivity index (χ1n) is 1.15. The molecular weight excluding hydrogens is 66.0 g/mol. The highest BCUT2D eigenvalue weighted by atomic mass is 15.2. The Bertz CT molecular complexity index is 61.4. The van der Waals surface area contributed by atoms with Gasteiger partial charge in [-0.2, -0.15) is 0 Å². The van der Waals surface area contributed by atoms with E-state index in [0.29, 0.717) is 0 Å². The van der Waals surface area contributed by atoms with Gasteiger partial charge in [0.25, 0.3) is 0 Å². The Labute approximate surface area is 29.0 Å². The van der Waals surface area contributed by atoms with E-state index in [2.05, 4.69) is 27.8 Å². The van der Waals surface area contributed by atoms with Crippen LogP contribution >= 0.6 is 0 Å². The fourth-order valence-electron chi connectivity index (χ4n) is 0.125. The number of hydrogen-bond acceptors (Lipinski definition) is 2. The summed E-state index contributed by atoms with van der Waals surface area (Å²) in [6.45, 7) is 0. The number of H-pyrrole nitrogens is 1. The van der Waals surface area contributed by atoms with Crippen molar-refractivity contribution in [1.82, 2.24) is 15.2 Å². The fraction of sp³-hybridized carbons (Fsp3) is 0. The summed E-state index contributed by atoms with van der Waals surface area (Å²) in [6, 6.07) is 0. The minimum absolute atomic E-state index is 2.32. The van der Waals surface area contributed by atoms with Crippen molar-refractivity contribution >= 4 is 0 Å². The lowest BCUT2D eigenvalue weighted by atomic mass is 11.3. The summed E-state index contributed by atoms with van der Waals surface area (Å²) < 4.78 is 0. The van der Waals surface area contributed by atoms with Crippen molar-refractivity contribution < 1.29 is 0 Å². The second kappa shape index (κ2) is 0.839. The third-order valence-corrected chi connectivity index (χ3v) is 0.262. The number of hydrogen-bond donors (Lipinski definition) is 1. The molecule has 0 aliphatic heterocycles. The Morgan fingerprint density at radius 3 is 2.00 bits per heavy atom. The molecule has 1 aromatic rings. The summed E-state index contributed by atoms with van der Waals surface area (Å²) in [7, 11) is 0. The molecule has 1 rings (SSSR count). The van der Waals surface area contributed by atoms with Crippen LogP contribution in [0.3, 0.4) is 0 Å². The molecule has 0 amide bonds. The van der Waals surface area contributed by atoms with Gasteiger partial charge in [-0.25, -0.2) is 0 Å². The third-order valence-electron chi connectivity index (χ3n) is 0.262. The molecule has 0 aromatic carbocycles. The first kappa shape index (κ1) is 2.38. The summed E-state index contributed by atoms with van der Waals surface area (Å²) in [6.07, 6.45) is 4.64. The third kappa shape index (κ3) is 0.238. The molecule has 0 saturated carbocycles. The second-order valence-electron chi connectivity index (χ2n) is 0.549. The fourth-order valence-corrected chi connectivity index (χ4v) is 0.125. The predicted octanol–water partition coefficient (Wildman–Crippen LogP) is -0.595. The monoisotopic (exact) mass is 67.0 g/mol. The molecule has 0 fully saturated rings. The molecule has 0 aliphatic carbocycles. The predicted molar refractivity (Wildman–Crippen MR) is 14.1 cm³/mol. The molecule has 2 radical (unpaired) electrons. The van der Waals surface area contributed by atoms with Gasteiger partial charge in [0.05, 0.1) is 0 Å². The van der Waals surface area contributed by atoms with Gasteiger partial charge in [-0.3, -0.25) is 0 Å². The summed E-state index contributed by atoms with van der Waals surface area (Å²) in [5.41, 5.74) is 0. The number of aromatic amines is 1. The van der Waals surface area contributed by atoms with Crippen LogP contribution in [-0.2, 0) is 0 Å². The molecule has 0 aliphatic rings. The van der Waals surface area contributed by atoms with Crippen molar-refractivity contribution in [2.24, 2.45) is 0 Å². The Kier molecular flexibility index (Phi) is 0.400. The van der Waals surface area contributed by atoms with Gasteiger partial charge in [-0.15, -0.1) is 10.2 Å². The second-order valence-corrected chi connectivity index (χ2v) is 0.549. The maximum atomic E-state index is 3.24. The maximum Gasteiger partial charge on any atom is 0.199 e. The molecule has 0 spiro atoms. The van der Waals surface area contributed by atoms with Crippen LogP contribution in [0.2, 0.25) is 0 Å². The van der Waals surface area contributed by atoms with E-state index in [1.807, 2.05) is 0 Å². The zero-order chi connectivity index (χ0) is 3.54. The Balaban J connectivity index is 3.13. The minimum Gasteiger partial charge on any atom is -0.316 e. The summed E-state index contributed by atoms with van der Waals surface area (Å²) in [5, 5.41) is 6.47. The van der Waals surface area contributed by atoms with Gasteiger partial charge in [-0.1, -0.05) is 0 Å². The molecule has 1 heterocycles. The van der Waals surface area contributed by atoms with E-state index in [1.54, 1.807) is 0 Å². The van der Waals surface area contributed by atoms with Gasteiger partial charge in [0.15, 0.2) is 12.7 Å². The van der Waals surface area contributed by atoms with Crippen molar-refractivity contribution in [2.45, 2.75) is 0 Å². The first-order chi connectivity index (χ1) is 2.50. The number of nitrogens with one attached hydrogen (secondary N) is 1. The van der Waals surface area contributed by atoms with E-state index in [1.165, 1.54) is 0 Å². The molecule has 0 bridgehead atoms. The molecule has 24 valence electrons. The quantitative estimate of drug-likeness (QED) is 0.440. The van der Waals surface area contributed by atoms with Crippen molar-refractivity contribution in [1.29, 1.82) is 0 Å². The smallest absolute Gasteiger partial charge is 0.199 e. The van der Waals surface area contributed by atoms with Gasteiger partial charge in [0, 0.05) is 0 Å². The van der Waals surface area contributed by atoms with E-state index in [-0.39, 0.29) is 0 Å². The zero-order valence-electron chi connectivity index (χ0n) is 2.39. The van der Waals surface area contributed by atoms with E-state index in [9.17, 15) is 0 Å². The maximum absolute atomic E-state index is 3.24. The highest BCUT2D eigenvalue weighted by molar-refractivity contribution is 4.36. The van der Waals surface area contributed by atoms with Gasteiger partial charge in [0.2, 0.25) is 0 Å². The summed E-state index contributed by atoms with van der Waals surface area (Å²) >= 11 is 0. The van der Waals surface area contributed by atoms with Crippen molar-refractivity contribution in [3.8, 4) is 0 Å². The molecule has 1 N–H and O–H groups in total. The van der Waals surface area contributed by atoms with Crippen molar-refractivity contribution in [3.05, 3.63) is 12.7 Å². The van der Waals surface area contributed by atoms with Crippen LogP contribution in [0, 0.1) is 12.7 Å². The lowest BCUT2D eigenvalue weighted by Gasteiger charge is -1.38. The highest BCUT2D eigenvalue weighted by Gasteiger charge is 1.61. The number of rotatable bonds is 0. The van der Waals surface area contributed by atoms with E-state index >= 15 is 0 Å². The van der Waals surface area contributed by atoms with Crippen molar-refractivity contribution in [3.63, 3.8) is 0 Å². The van der Waals surface area contributed by atoms with E-state index in [0.717, 1.165) is 0 Å². The zero-order valence-corrected chi connectivity index (χ0v) is 2.39. The largest absolute Gasteiger partial charge is 0.316 e. The topological polar surface area (TPSA) is 41.6 Å². The van der Waals surface area contributed by atoms with Crippen LogP contribution in [0.15, 0.2) is 0 Å². The van der Waals surface area contributed by atoms with Gasteiger partial charge < -0.3 is 4.98 Å². The van der Waals surface area contributed by atoms with Crippen LogP contribution in [0.4, 0.5) is 0 Å². The number of aromatic nitrogens is 3. The highest BCUT2D eigenvalue weighted by Crippen LogP contribution is 1.49. The van der Waals surface area contributed by atoms with Crippen molar-refractivity contribution in [2.75, 3.05) is 0 Å². The Hall–Kier alpha value is -0.860. The van der Waals surface area contributed by atoms with Crippen LogP contribution in [0.5, 0.6) is 0 Å². The standard InChI is InChI=1S/C2HN3/c1-3-2-5-4-1/h(H,3,4,5). The van der Waals surface area contributed by atoms with Crippen LogP contribution in [0.25, 0.3) is 0 Å². The molecule has 5 heavy (non-hydrogen) atoms. The van der Waals surface area contributed by atoms with E-state index in [4.69, 9.17) is 0 Å². The molecule has 0 unspecified atom stereocenters. The average Bonchev–Trinajstić information content (AvgIpc) is 1.76. The minimum atomic E-state index is 2.32. The van der Waals surface area contributed by atoms with Gasteiger partial charge in [0.1, 0.15) is 0 Å². The molecule has 1 aromatic heterocycles. The lowest BCUT2D eigenvalue weighted by Crippen LogP contribution is -1.55. The first-order valence-corrected chi connectivity index (χ1v) is 1.15.